The minimum absolute atomic E-state index is 0.466. The highest BCUT2D eigenvalue weighted by molar-refractivity contribution is 4.57. The molecule has 0 radical (unpaired) electrons. The maximum absolute atomic E-state index is 5.45. The summed E-state index contributed by atoms with van der Waals surface area (Å²) in [7, 11) is 0. The Labute approximate surface area is 56.6 Å². The second-order valence-electron chi connectivity index (χ2n) is 2.78. The molecular formula is C7H16NO+. The molecule has 2 atom stereocenters. The molecule has 0 spiro atoms. The lowest BCUT2D eigenvalue weighted by Crippen LogP contribution is -2.94. The van der Waals surface area contributed by atoms with E-state index in [4.69, 9.17) is 4.74 Å². The molecular weight excluding hydrogens is 114 g/mol. The van der Waals surface area contributed by atoms with Gasteiger partial charge in [0.25, 0.3) is 0 Å². The van der Waals surface area contributed by atoms with Crippen LogP contribution in [0.15, 0.2) is 0 Å². The molecule has 0 aliphatic carbocycles. The van der Waals surface area contributed by atoms with Crippen LogP contribution < -0.4 is 5.32 Å². The van der Waals surface area contributed by atoms with Crippen molar-refractivity contribution >= 4 is 0 Å². The van der Waals surface area contributed by atoms with Gasteiger partial charge in [0.15, 0.2) is 0 Å². The number of nitrogens with two attached hydrogens (primary N) is 1. The summed E-state index contributed by atoms with van der Waals surface area (Å²) < 4.78 is 5.45. The summed E-state index contributed by atoms with van der Waals surface area (Å²) in [6.45, 7) is 6.42. The zero-order valence-corrected chi connectivity index (χ0v) is 6.26. The molecule has 1 heterocycles. The summed E-state index contributed by atoms with van der Waals surface area (Å²) in [5.74, 6) is 0. The van der Waals surface area contributed by atoms with Crippen LogP contribution in [0.5, 0.6) is 0 Å². The number of morpholine rings is 1. The van der Waals surface area contributed by atoms with Gasteiger partial charge in [-0.05, 0) is 13.3 Å². The van der Waals surface area contributed by atoms with Crippen LogP contribution in [-0.2, 0) is 4.74 Å². The number of hydrogen-bond acceptors (Lipinski definition) is 1. The van der Waals surface area contributed by atoms with Crippen molar-refractivity contribution in [3.8, 4) is 0 Å². The lowest BCUT2D eigenvalue weighted by Gasteiger charge is -2.23. The Morgan fingerprint density at radius 2 is 2.44 bits per heavy atom. The summed E-state index contributed by atoms with van der Waals surface area (Å²) in [5, 5.41) is 2.38. The maximum atomic E-state index is 5.45. The third kappa shape index (κ3) is 1.95. The Morgan fingerprint density at radius 1 is 1.67 bits per heavy atom. The molecule has 0 amide bonds. The molecule has 54 valence electrons. The van der Waals surface area contributed by atoms with Gasteiger partial charge < -0.3 is 10.1 Å². The van der Waals surface area contributed by atoms with Gasteiger partial charge in [-0.1, -0.05) is 6.92 Å². The molecule has 0 aromatic carbocycles. The fourth-order valence-corrected chi connectivity index (χ4v) is 1.09. The summed E-state index contributed by atoms with van der Waals surface area (Å²) in [5.41, 5.74) is 0. The van der Waals surface area contributed by atoms with Crippen LogP contribution >= 0.6 is 0 Å². The molecule has 1 aliphatic heterocycles. The van der Waals surface area contributed by atoms with E-state index in [1.807, 2.05) is 0 Å². The van der Waals surface area contributed by atoms with Crippen molar-refractivity contribution in [2.75, 3.05) is 13.2 Å². The van der Waals surface area contributed by atoms with Crippen LogP contribution in [0.2, 0.25) is 0 Å². The average Bonchev–Trinajstić information content (AvgIpc) is 1.90. The van der Waals surface area contributed by atoms with Gasteiger partial charge in [-0.2, -0.15) is 0 Å². The second kappa shape index (κ2) is 3.18. The van der Waals surface area contributed by atoms with E-state index in [0.29, 0.717) is 6.10 Å². The number of quaternary nitrogens is 1. The normalized spacial score (nSPS) is 36.7. The molecule has 2 heteroatoms. The minimum atomic E-state index is 0.466. The smallest absolute Gasteiger partial charge is 0.109 e. The van der Waals surface area contributed by atoms with Crippen molar-refractivity contribution < 1.29 is 10.1 Å². The topological polar surface area (TPSA) is 25.8 Å². The van der Waals surface area contributed by atoms with Gasteiger partial charge in [0, 0.05) is 0 Å². The van der Waals surface area contributed by atoms with E-state index in [0.717, 1.165) is 19.2 Å². The van der Waals surface area contributed by atoms with Crippen molar-refractivity contribution in [3.63, 3.8) is 0 Å². The van der Waals surface area contributed by atoms with E-state index < -0.39 is 0 Å². The Hall–Kier alpha value is -0.0800. The van der Waals surface area contributed by atoms with E-state index in [1.165, 1.54) is 6.42 Å². The molecule has 9 heavy (non-hydrogen) atoms. The zero-order valence-electron chi connectivity index (χ0n) is 6.26. The van der Waals surface area contributed by atoms with E-state index in [9.17, 15) is 0 Å². The van der Waals surface area contributed by atoms with E-state index >= 15 is 0 Å². The third-order valence-electron chi connectivity index (χ3n) is 1.92. The summed E-state index contributed by atoms with van der Waals surface area (Å²) in [4.78, 5) is 0. The molecule has 2 N–H and O–H groups in total. The maximum Gasteiger partial charge on any atom is 0.109 e. The summed E-state index contributed by atoms with van der Waals surface area (Å²) in [6, 6.07) is 0.723. The molecule has 0 unspecified atom stereocenters. The van der Waals surface area contributed by atoms with E-state index in [1.54, 1.807) is 0 Å². The van der Waals surface area contributed by atoms with Crippen molar-refractivity contribution in [2.24, 2.45) is 0 Å². The van der Waals surface area contributed by atoms with Crippen LogP contribution in [0.3, 0.4) is 0 Å². The number of rotatable bonds is 1. The van der Waals surface area contributed by atoms with Crippen LogP contribution in [-0.4, -0.2) is 25.3 Å². The highest BCUT2D eigenvalue weighted by Crippen LogP contribution is 1.95. The first-order valence-corrected chi connectivity index (χ1v) is 3.78. The van der Waals surface area contributed by atoms with Crippen LogP contribution in [0.1, 0.15) is 20.3 Å². The first kappa shape index (κ1) is 7.03. The van der Waals surface area contributed by atoms with Gasteiger partial charge >= 0.3 is 0 Å². The molecule has 1 aliphatic rings. The first-order valence-electron chi connectivity index (χ1n) is 3.78. The highest BCUT2D eigenvalue weighted by atomic mass is 16.5. The number of ether oxygens (including phenoxy) is 1. The first-order chi connectivity index (χ1) is 4.33. The fraction of sp³-hybridized carbons (Fsp3) is 1.00. The predicted octanol–water partition coefficient (Wildman–Crippen LogP) is -0.253. The third-order valence-corrected chi connectivity index (χ3v) is 1.92. The minimum Gasteiger partial charge on any atom is -0.366 e. The lowest BCUT2D eigenvalue weighted by molar-refractivity contribution is -0.711. The Kier molecular flexibility index (Phi) is 2.49. The predicted molar refractivity (Wildman–Crippen MR) is 36.3 cm³/mol. The van der Waals surface area contributed by atoms with Crippen LogP contribution in [0, 0.1) is 0 Å². The summed E-state index contributed by atoms with van der Waals surface area (Å²) in [6.07, 6.45) is 1.69. The van der Waals surface area contributed by atoms with Gasteiger partial charge in [0.2, 0.25) is 0 Å². The Bertz CT molecular complexity index is 77.0. The molecule has 1 rings (SSSR count). The van der Waals surface area contributed by atoms with Gasteiger partial charge in [-0.25, -0.2) is 0 Å². The van der Waals surface area contributed by atoms with Gasteiger partial charge in [0.1, 0.15) is 18.7 Å². The standard InChI is InChI=1S/C7H15NO/c1-3-7-5-9-6(2)4-8-7/h6-8H,3-5H2,1-2H3/p+1/t6-,7-/m1/s1. The lowest BCUT2D eigenvalue weighted by atomic mass is 10.2. The van der Waals surface area contributed by atoms with Crippen LogP contribution in [0.4, 0.5) is 0 Å². The van der Waals surface area contributed by atoms with Gasteiger partial charge in [-0.3, -0.25) is 0 Å². The molecule has 1 saturated heterocycles. The SMILES string of the molecule is CC[C@@H]1CO[C@H](C)C[NH2+]1. The molecule has 1 fully saturated rings. The van der Waals surface area contributed by atoms with Crippen molar-refractivity contribution in [2.45, 2.75) is 32.4 Å². The van der Waals surface area contributed by atoms with Crippen molar-refractivity contribution in [3.05, 3.63) is 0 Å². The fourth-order valence-electron chi connectivity index (χ4n) is 1.09. The van der Waals surface area contributed by atoms with E-state index in [2.05, 4.69) is 19.2 Å². The summed E-state index contributed by atoms with van der Waals surface area (Å²) >= 11 is 0. The largest absolute Gasteiger partial charge is 0.366 e. The van der Waals surface area contributed by atoms with E-state index in [-0.39, 0.29) is 0 Å². The number of hydrogen-bond donors (Lipinski definition) is 1. The van der Waals surface area contributed by atoms with Crippen LogP contribution in [0.25, 0.3) is 0 Å². The molecule has 2 nitrogen and oxygen atoms in total. The average molecular weight is 130 g/mol. The Balaban J connectivity index is 2.18. The zero-order chi connectivity index (χ0) is 6.69. The quantitative estimate of drug-likeness (QED) is 0.520. The monoisotopic (exact) mass is 130 g/mol. The molecule has 0 saturated carbocycles. The molecule has 0 aromatic rings. The Morgan fingerprint density at radius 3 is 2.89 bits per heavy atom. The van der Waals surface area contributed by atoms with Crippen molar-refractivity contribution in [1.82, 2.24) is 0 Å². The highest BCUT2D eigenvalue weighted by Gasteiger charge is 2.18. The molecule has 0 aromatic heterocycles. The van der Waals surface area contributed by atoms with Gasteiger partial charge in [-0.15, -0.1) is 0 Å². The van der Waals surface area contributed by atoms with Crippen molar-refractivity contribution in [1.29, 1.82) is 0 Å². The second-order valence-corrected chi connectivity index (χ2v) is 2.78. The van der Waals surface area contributed by atoms with Gasteiger partial charge in [0.05, 0.1) is 6.61 Å². The molecule has 0 bridgehead atoms.